The van der Waals surface area contributed by atoms with Gasteiger partial charge in [-0.15, -0.1) is 0 Å². The molecule has 3 heterocycles. The van der Waals surface area contributed by atoms with Crippen molar-refractivity contribution in [2.45, 2.75) is 39.2 Å². The molecule has 0 atom stereocenters. The maximum atomic E-state index is 12.2. The van der Waals surface area contributed by atoms with E-state index in [1.54, 1.807) is 0 Å². The lowest BCUT2D eigenvalue weighted by Crippen LogP contribution is -2.51. The number of rotatable bonds is 3. The van der Waals surface area contributed by atoms with E-state index in [4.69, 9.17) is 4.74 Å². The molecule has 0 unspecified atom stereocenters. The van der Waals surface area contributed by atoms with Crippen molar-refractivity contribution < 1.29 is 9.53 Å². The smallest absolute Gasteiger partial charge is 0.410 e. The summed E-state index contributed by atoms with van der Waals surface area (Å²) >= 11 is 3.53. The zero-order chi connectivity index (χ0) is 19.4. The minimum atomic E-state index is -0.425. The number of carbonyl (C=O) groups is 1. The van der Waals surface area contributed by atoms with E-state index >= 15 is 0 Å². The average molecular weight is 439 g/mol. The first kappa shape index (κ1) is 20.4. The molecule has 0 N–H and O–H groups in total. The predicted molar refractivity (Wildman–Crippen MR) is 111 cm³/mol. The molecule has 2 aliphatic rings. The fraction of sp³-hybridized carbons (Fsp3) is 0.700. The van der Waals surface area contributed by atoms with Crippen molar-refractivity contribution >= 4 is 27.8 Å². The fourth-order valence-electron chi connectivity index (χ4n) is 3.72. The summed E-state index contributed by atoms with van der Waals surface area (Å²) in [4.78, 5) is 23.4. The van der Waals surface area contributed by atoms with E-state index in [1.807, 2.05) is 37.9 Å². The minimum absolute atomic E-state index is 0.183. The minimum Gasteiger partial charge on any atom is -0.444 e. The second-order valence-corrected chi connectivity index (χ2v) is 9.45. The molecule has 150 valence electrons. The van der Waals surface area contributed by atoms with E-state index in [1.165, 1.54) is 12.8 Å². The Hall–Kier alpha value is -1.34. The molecule has 6 nitrogen and oxygen atoms in total. The van der Waals surface area contributed by atoms with Crippen LogP contribution in [0.3, 0.4) is 0 Å². The largest absolute Gasteiger partial charge is 0.444 e. The lowest BCUT2D eigenvalue weighted by atomic mass is 9.96. The van der Waals surface area contributed by atoms with Crippen LogP contribution in [-0.2, 0) is 4.74 Å². The number of piperidine rings is 1. The van der Waals surface area contributed by atoms with Gasteiger partial charge in [-0.2, -0.15) is 0 Å². The third-order valence-electron chi connectivity index (χ3n) is 5.19. The van der Waals surface area contributed by atoms with Crippen molar-refractivity contribution in [1.82, 2.24) is 14.8 Å². The molecule has 0 aliphatic carbocycles. The summed E-state index contributed by atoms with van der Waals surface area (Å²) in [5.41, 5.74) is -0.425. The van der Waals surface area contributed by atoms with Crippen LogP contribution in [0, 0.1) is 5.92 Å². The Labute approximate surface area is 171 Å². The number of anilines is 1. The second-order valence-electron chi connectivity index (χ2n) is 8.53. The number of halogens is 1. The van der Waals surface area contributed by atoms with Gasteiger partial charge in [-0.3, -0.25) is 4.90 Å². The Morgan fingerprint density at radius 3 is 2.44 bits per heavy atom. The van der Waals surface area contributed by atoms with Gasteiger partial charge < -0.3 is 14.5 Å². The highest BCUT2D eigenvalue weighted by Gasteiger charge is 2.28. The molecule has 1 aromatic rings. The highest BCUT2D eigenvalue weighted by molar-refractivity contribution is 9.10. The average Bonchev–Trinajstić information content (AvgIpc) is 2.61. The van der Waals surface area contributed by atoms with Gasteiger partial charge >= 0.3 is 6.09 Å². The number of pyridine rings is 1. The summed E-state index contributed by atoms with van der Waals surface area (Å²) in [7, 11) is 0. The van der Waals surface area contributed by atoms with E-state index < -0.39 is 5.60 Å². The molecule has 0 bridgehead atoms. The number of carbonyl (C=O) groups excluding carboxylic acids is 1. The normalized spacial score (nSPS) is 20.0. The van der Waals surface area contributed by atoms with Crippen molar-refractivity contribution in [3.8, 4) is 0 Å². The zero-order valence-electron chi connectivity index (χ0n) is 16.7. The number of ether oxygens (including phenoxy) is 1. The summed E-state index contributed by atoms with van der Waals surface area (Å²) < 4.78 is 6.56. The summed E-state index contributed by atoms with van der Waals surface area (Å²) in [6.07, 6.45) is 4.06. The van der Waals surface area contributed by atoms with Crippen molar-refractivity contribution in [2.75, 3.05) is 50.7 Å². The van der Waals surface area contributed by atoms with Crippen molar-refractivity contribution in [1.29, 1.82) is 0 Å². The first-order chi connectivity index (χ1) is 12.8. The second kappa shape index (κ2) is 8.78. The highest BCUT2D eigenvalue weighted by Crippen LogP contribution is 2.24. The standard InChI is InChI=1S/C20H31BrN4O2/c1-20(2,3)27-19(26)25-12-10-23(11-13-25)15-16-5-8-24(9-6-16)18-14-17(21)4-7-22-18/h4,7,14,16H,5-6,8-13,15H2,1-3H3. The molecule has 3 rings (SSSR count). The monoisotopic (exact) mass is 438 g/mol. The molecule has 2 saturated heterocycles. The molecule has 27 heavy (non-hydrogen) atoms. The number of amides is 1. The van der Waals surface area contributed by atoms with Crippen LogP contribution in [0.5, 0.6) is 0 Å². The molecule has 1 aromatic heterocycles. The van der Waals surface area contributed by atoms with Crippen molar-refractivity contribution in [2.24, 2.45) is 5.92 Å². The summed E-state index contributed by atoms with van der Waals surface area (Å²) in [5, 5.41) is 0. The first-order valence-corrected chi connectivity index (χ1v) is 10.7. The van der Waals surface area contributed by atoms with E-state index in [-0.39, 0.29) is 6.09 Å². The third kappa shape index (κ3) is 6.07. The molecular formula is C20H31BrN4O2. The number of nitrogens with zero attached hydrogens (tertiary/aromatic N) is 4. The topological polar surface area (TPSA) is 48.9 Å². The van der Waals surface area contributed by atoms with Gasteiger partial charge in [0.05, 0.1) is 0 Å². The third-order valence-corrected chi connectivity index (χ3v) is 5.68. The highest BCUT2D eigenvalue weighted by atomic mass is 79.9. The Balaban J connectivity index is 1.40. The molecule has 0 spiro atoms. The van der Waals surface area contributed by atoms with Gasteiger partial charge in [0.2, 0.25) is 0 Å². The Morgan fingerprint density at radius 2 is 1.85 bits per heavy atom. The zero-order valence-corrected chi connectivity index (χ0v) is 18.2. The maximum Gasteiger partial charge on any atom is 0.410 e. The number of piperazine rings is 1. The predicted octanol–water partition coefficient (Wildman–Crippen LogP) is 3.61. The van der Waals surface area contributed by atoms with Crippen LogP contribution in [0.2, 0.25) is 0 Å². The van der Waals surface area contributed by atoms with Gasteiger partial charge in [-0.1, -0.05) is 15.9 Å². The van der Waals surface area contributed by atoms with Gasteiger partial charge in [0.15, 0.2) is 0 Å². The van der Waals surface area contributed by atoms with Crippen LogP contribution in [0.1, 0.15) is 33.6 Å². The van der Waals surface area contributed by atoms with Gasteiger partial charge in [-0.25, -0.2) is 9.78 Å². The Morgan fingerprint density at radius 1 is 1.19 bits per heavy atom. The van der Waals surface area contributed by atoms with E-state index in [2.05, 4.69) is 36.8 Å². The van der Waals surface area contributed by atoms with Crippen LogP contribution < -0.4 is 4.90 Å². The number of hydrogen-bond acceptors (Lipinski definition) is 5. The van der Waals surface area contributed by atoms with Crippen LogP contribution in [0.4, 0.5) is 10.6 Å². The van der Waals surface area contributed by atoms with Crippen molar-refractivity contribution in [3.05, 3.63) is 22.8 Å². The lowest BCUT2D eigenvalue weighted by molar-refractivity contribution is 0.0130. The number of hydrogen-bond donors (Lipinski definition) is 0. The van der Waals surface area contributed by atoms with Crippen LogP contribution in [0.15, 0.2) is 22.8 Å². The Bertz CT molecular complexity index is 633. The van der Waals surface area contributed by atoms with E-state index in [0.29, 0.717) is 0 Å². The first-order valence-electron chi connectivity index (χ1n) is 9.87. The van der Waals surface area contributed by atoms with Crippen LogP contribution in [0.25, 0.3) is 0 Å². The fourth-order valence-corrected chi connectivity index (χ4v) is 4.04. The van der Waals surface area contributed by atoms with Crippen LogP contribution >= 0.6 is 15.9 Å². The summed E-state index contributed by atoms with van der Waals surface area (Å²) in [5.74, 6) is 1.79. The molecule has 0 radical (unpaired) electrons. The quantitative estimate of drug-likeness (QED) is 0.720. The van der Waals surface area contributed by atoms with Gasteiger partial charge in [0.25, 0.3) is 0 Å². The summed E-state index contributed by atoms with van der Waals surface area (Å²) in [6, 6.07) is 4.06. The van der Waals surface area contributed by atoms with Gasteiger partial charge in [0.1, 0.15) is 11.4 Å². The molecule has 0 saturated carbocycles. The van der Waals surface area contributed by atoms with Crippen LogP contribution in [-0.4, -0.2) is 72.3 Å². The number of aromatic nitrogens is 1. The maximum absolute atomic E-state index is 12.2. The lowest BCUT2D eigenvalue weighted by Gasteiger charge is -2.39. The van der Waals surface area contributed by atoms with Crippen molar-refractivity contribution in [3.63, 3.8) is 0 Å². The van der Waals surface area contributed by atoms with Gasteiger partial charge in [-0.05, 0) is 51.7 Å². The van der Waals surface area contributed by atoms with E-state index in [9.17, 15) is 4.79 Å². The summed E-state index contributed by atoms with van der Waals surface area (Å²) in [6.45, 7) is 12.4. The molecular weight excluding hydrogens is 408 g/mol. The SMILES string of the molecule is CC(C)(C)OC(=O)N1CCN(CC2CCN(c3cc(Br)ccn3)CC2)CC1. The Kier molecular flexibility index (Phi) is 6.63. The molecule has 2 fully saturated rings. The molecule has 7 heteroatoms. The van der Waals surface area contributed by atoms with Gasteiger partial charge in [0, 0.05) is 56.5 Å². The molecule has 1 amide bonds. The molecule has 0 aromatic carbocycles. The van der Waals surface area contributed by atoms with E-state index in [0.717, 1.165) is 62.0 Å². The molecule has 2 aliphatic heterocycles.